The van der Waals surface area contributed by atoms with Gasteiger partial charge in [0, 0.05) is 37.0 Å². The van der Waals surface area contributed by atoms with Gasteiger partial charge in [0.05, 0.1) is 0 Å². The first-order chi connectivity index (χ1) is 22.4. The molecule has 0 amide bonds. The summed E-state index contributed by atoms with van der Waals surface area (Å²) in [5.41, 5.74) is 2.93. The minimum Gasteiger partial charge on any atom is -0.512 e. The van der Waals surface area contributed by atoms with Crippen LogP contribution in [0.5, 0.6) is 0 Å². The van der Waals surface area contributed by atoms with Gasteiger partial charge < -0.3 is 5.11 Å². The van der Waals surface area contributed by atoms with E-state index in [4.69, 9.17) is 4.98 Å². The van der Waals surface area contributed by atoms with Gasteiger partial charge in [0.25, 0.3) is 0 Å². The van der Waals surface area contributed by atoms with Crippen LogP contribution in [0.1, 0.15) is 93.6 Å². The fourth-order valence-corrected chi connectivity index (χ4v) is 9.92. The quantitative estimate of drug-likeness (QED) is 0.0694. The molecule has 0 aliphatic rings. The van der Waals surface area contributed by atoms with Gasteiger partial charge in [0.15, 0.2) is 5.78 Å². The van der Waals surface area contributed by atoms with Crippen molar-refractivity contribution in [1.82, 2.24) is 4.98 Å². The van der Waals surface area contributed by atoms with Crippen LogP contribution in [0.15, 0.2) is 72.6 Å². The molecule has 265 valence electrons. The van der Waals surface area contributed by atoms with Crippen molar-refractivity contribution in [2.75, 3.05) is 0 Å². The SMILES string of the molecule is CC(C)(C)c1cc(-c2nccc3c2sc2c[c]([Ge]([CH3])([CH3])[CH3])ccc23)[c-]c2ccccc12.CCC(C)(CC)C(=O)/C=C(\O)C(C)(CC)CC.[Ir]. The predicted molar refractivity (Wildman–Crippen MR) is 214 cm³/mol. The van der Waals surface area contributed by atoms with E-state index in [1.807, 2.05) is 59.1 Å². The predicted octanol–water partition coefficient (Wildman–Crippen LogP) is 12.6. The molecule has 5 rings (SSSR count). The number of pyridine rings is 1. The van der Waals surface area contributed by atoms with Crippen molar-refractivity contribution in [1.29, 1.82) is 0 Å². The van der Waals surface area contributed by atoms with Gasteiger partial charge in [-0.25, -0.2) is 0 Å². The summed E-state index contributed by atoms with van der Waals surface area (Å²) in [6.45, 7) is 18.9. The third-order valence-corrected chi connectivity index (χ3v) is 16.2. The van der Waals surface area contributed by atoms with E-state index in [9.17, 15) is 9.90 Å². The molecule has 0 saturated heterocycles. The molecule has 0 atom stereocenters. The van der Waals surface area contributed by atoms with Crippen LogP contribution in [0.4, 0.5) is 0 Å². The van der Waals surface area contributed by atoms with Crippen molar-refractivity contribution in [3.63, 3.8) is 0 Å². The molecule has 1 radical (unpaired) electrons. The second-order valence-corrected chi connectivity index (χ2v) is 27.6. The van der Waals surface area contributed by atoms with Crippen LogP contribution in [-0.4, -0.2) is 29.1 Å². The monoisotopic (exact) mass is 917 g/mol. The van der Waals surface area contributed by atoms with Crippen molar-refractivity contribution in [3.05, 3.63) is 84.3 Å². The average Bonchev–Trinajstić information content (AvgIpc) is 3.44. The molecule has 0 spiro atoms. The third-order valence-electron chi connectivity index (χ3n) is 10.7. The largest absolute Gasteiger partial charge is 0.512 e. The van der Waals surface area contributed by atoms with E-state index in [-0.39, 0.29) is 47.9 Å². The molecule has 49 heavy (non-hydrogen) atoms. The maximum Gasteiger partial charge on any atom is 0.164 e. The van der Waals surface area contributed by atoms with Gasteiger partial charge in [-0.05, 0) is 25.7 Å². The van der Waals surface area contributed by atoms with E-state index in [2.05, 4.69) is 98.7 Å². The molecule has 0 saturated carbocycles. The number of carbonyl (C=O) groups is 1. The van der Waals surface area contributed by atoms with Crippen LogP contribution in [0.2, 0.25) is 17.3 Å². The van der Waals surface area contributed by atoms with E-state index in [0.29, 0.717) is 0 Å². The van der Waals surface area contributed by atoms with Crippen LogP contribution < -0.4 is 4.40 Å². The normalized spacial score (nSPS) is 12.9. The summed E-state index contributed by atoms with van der Waals surface area (Å²) in [5, 5.41) is 15.2. The summed E-state index contributed by atoms with van der Waals surface area (Å²) < 4.78 is 4.20. The Balaban J connectivity index is 0.000000312. The molecule has 0 bridgehead atoms. The maximum absolute atomic E-state index is 12.2. The second-order valence-electron chi connectivity index (χ2n) is 15.9. The van der Waals surface area contributed by atoms with Gasteiger partial charge in [0.1, 0.15) is 5.76 Å². The summed E-state index contributed by atoms with van der Waals surface area (Å²) in [7, 11) is 0. The van der Waals surface area contributed by atoms with Gasteiger partial charge in [-0.15, -0.1) is 0 Å². The number of aliphatic hydroxyl groups is 1. The standard InChI is InChI=1S/C28H28GeNS.C15H28O2.Ir/c1-28(2,3)24-16-19(15-18-9-7-8-10-21(18)24)26-27-23(13-14-30-26)22-12-11-20(29(4,5)6)17-25(22)31-27;1-7-14(5,8-2)12(16)11-13(17)15(6,9-3)10-4;/h7-14,16-17H,1-6H3;11,16H,7-10H2,1-6H3;/q-1;;/b;12-11-;. The number of ketones is 1. The number of carbonyl (C=O) groups excluding carboxylic acids is 1. The summed E-state index contributed by atoms with van der Waals surface area (Å²) in [5.74, 6) is 7.66. The van der Waals surface area contributed by atoms with Crippen molar-refractivity contribution >= 4 is 65.7 Å². The fourth-order valence-electron chi connectivity index (χ4n) is 6.02. The molecule has 6 heteroatoms. The Kier molecular flexibility index (Phi) is 13.4. The van der Waals surface area contributed by atoms with Gasteiger partial charge in [-0.1, -0.05) is 41.5 Å². The van der Waals surface area contributed by atoms with E-state index >= 15 is 0 Å². The molecule has 5 aromatic rings. The van der Waals surface area contributed by atoms with E-state index < -0.39 is 13.3 Å². The summed E-state index contributed by atoms with van der Waals surface area (Å²) >= 11 is 0.00728. The summed E-state index contributed by atoms with van der Waals surface area (Å²) in [4.78, 5) is 17.0. The Morgan fingerprint density at radius 2 is 1.45 bits per heavy atom. The molecular weight excluding hydrogens is 859 g/mol. The van der Waals surface area contributed by atoms with Crippen molar-refractivity contribution < 1.29 is 30.0 Å². The molecule has 3 aromatic carbocycles. The molecule has 0 fully saturated rings. The molecule has 0 aliphatic carbocycles. The van der Waals surface area contributed by atoms with Crippen LogP contribution in [0.25, 0.3) is 42.2 Å². The topological polar surface area (TPSA) is 50.2 Å². The first kappa shape index (κ1) is 41.1. The average molecular weight is 916 g/mol. The van der Waals surface area contributed by atoms with Crippen LogP contribution in [0, 0.1) is 16.9 Å². The van der Waals surface area contributed by atoms with Crippen LogP contribution >= 0.6 is 11.3 Å². The number of nitrogens with zero attached hydrogens (tertiary/aromatic N) is 1. The van der Waals surface area contributed by atoms with Crippen molar-refractivity contribution in [2.24, 2.45) is 10.8 Å². The van der Waals surface area contributed by atoms with Gasteiger partial charge in [-0.2, -0.15) is 0 Å². The van der Waals surface area contributed by atoms with Gasteiger partial charge in [0.2, 0.25) is 0 Å². The number of benzene rings is 3. The number of thiophene rings is 1. The zero-order valence-corrected chi connectivity index (χ0v) is 37.0. The Labute approximate surface area is 315 Å². The number of fused-ring (bicyclic) bond motifs is 4. The van der Waals surface area contributed by atoms with Crippen LogP contribution in [-0.2, 0) is 30.3 Å². The molecule has 0 aliphatic heterocycles. The fraction of sp³-hybridized carbons (Fsp3) is 0.442. The Morgan fingerprint density at radius 1 is 0.837 bits per heavy atom. The van der Waals surface area contributed by atoms with Crippen molar-refractivity contribution in [3.8, 4) is 11.3 Å². The molecule has 1 N–H and O–H groups in total. The zero-order valence-electron chi connectivity index (χ0n) is 31.7. The summed E-state index contributed by atoms with van der Waals surface area (Å²) in [6, 6.07) is 23.9. The first-order valence-corrected chi connectivity index (χ1v) is 25.8. The Bertz CT molecular complexity index is 1950. The minimum atomic E-state index is -1.87. The molecule has 2 aromatic heterocycles. The zero-order chi connectivity index (χ0) is 35.7. The Morgan fingerprint density at radius 3 is 2.02 bits per heavy atom. The molecule has 0 unspecified atom stereocenters. The van der Waals surface area contributed by atoms with E-state index in [1.54, 1.807) is 4.40 Å². The number of allylic oxidation sites excluding steroid dienone is 2. The number of aromatic nitrogens is 1. The van der Waals surface area contributed by atoms with E-state index in [0.717, 1.165) is 42.3 Å². The van der Waals surface area contributed by atoms with Gasteiger partial charge in [-0.3, -0.25) is 4.79 Å². The second kappa shape index (κ2) is 15.9. The first-order valence-electron chi connectivity index (χ1n) is 17.7. The molecule has 3 nitrogen and oxygen atoms in total. The molecular formula is C43H56GeIrNO2S-. The maximum atomic E-state index is 12.2. The number of rotatable bonds is 9. The van der Waals surface area contributed by atoms with Gasteiger partial charge >= 0.3 is 192 Å². The number of hydrogen-bond acceptors (Lipinski definition) is 4. The third kappa shape index (κ3) is 8.78. The van der Waals surface area contributed by atoms with Crippen molar-refractivity contribution in [2.45, 2.75) is 111 Å². The number of aliphatic hydroxyl groups excluding tert-OH is 1. The minimum absolute atomic E-state index is 0. The van der Waals surface area contributed by atoms with Crippen LogP contribution in [0.3, 0.4) is 0 Å². The molecule has 2 heterocycles. The smallest absolute Gasteiger partial charge is 0.164 e. The summed E-state index contributed by atoms with van der Waals surface area (Å²) in [6.07, 6.45) is 6.71. The van der Waals surface area contributed by atoms with E-state index in [1.165, 1.54) is 37.2 Å². The Hall–Kier alpha value is -2.31. The number of hydrogen-bond donors (Lipinski definition) is 1.